The highest BCUT2D eigenvalue weighted by atomic mass is 16.1. The van der Waals surface area contributed by atoms with Crippen LogP contribution in [0.1, 0.15) is 58.1 Å². The average Bonchev–Trinajstić information content (AvgIpc) is 2.68. The first-order valence-electron chi connectivity index (χ1n) is 10.4. The Labute approximate surface area is 174 Å². The van der Waals surface area contributed by atoms with Crippen molar-refractivity contribution in [2.45, 2.75) is 59.8 Å². The van der Waals surface area contributed by atoms with Gasteiger partial charge >= 0.3 is 0 Å². The number of rotatable bonds is 8. The Bertz CT molecular complexity index is 1010. The third-order valence-corrected chi connectivity index (χ3v) is 5.37. The Balaban J connectivity index is 1.60. The molecule has 2 aromatic heterocycles. The minimum atomic E-state index is 0.279. The maximum atomic E-state index is 12.6. The molecular weight excluding hydrogens is 356 g/mol. The summed E-state index contributed by atoms with van der Waals surface area (Å²) in [5.74, 6) is 0.279. The number of aryl methyl sites for hydroxylation is 5. The molecule has 0 radical (unpaired) electrons. The first-order valence-corrected chi connectivity index (χ1v) is 10.4. The van der Waals surface area contributed by atoms with E-state index in [2.05, 4.69) is 60.2 Å². The number of nitrogens with zero attached hydrogens (tertiary/aromatic N) is 2. The van der Waals surface area contributed by atoms with Crippen LogP contribution in [0.2, 0.25) is 0 Å². The molecule has 0 aliphatic carbocycles. The maximum absolute atomic E-state index is 12.6. The van der Waals surface area contributed by atoms with E-state index in [0.717, 1.165) is 41.8 Å². The van der Waals surface area contributed by atoms with Crippen LogP contribution in [0.25, 0.3) is 0 Å². The van der Waals surface area contributed by atoms with E-state index in [1.165, 1.54) is 22.3 Å². The summed E-state index contributed by atoms with van der Waals surface area (Å²) in [6, 6.07) is 12.9. The molecule has 0 unspecified atom stereocenters. The van der Waals surface area contributed by atoms with Gasteiger partial charge in [0.05, 0.1) is 0 Å². The second-order valence-electron chi connectivity index (χ2n) is 7.93. The number of hydrogen-bond donors (Lipinski definition) is 0. The Morgan fingerprint density at radius 3 is 2.48 bits per heavy atom. The summed E-state index contributed by atoms with van der Waals surface area (Å²) in [6.45, 7) is 8.29. The van der Waals surface area contributed by atoms with E-state index in [1.807, 2.05) is 26.2 Å². The molecule has 0 saturated heterocycles. The number of benzene rings is 1. The number of carbonyl (C=O) groups is 1. The van der Waals surface area contributed by atoms with E-state index in [1.54, 1.807) is 0 Å². The first kappa shape index (κ1) is 20.9. The van der Waals surface area contributed by atoms with E-state index in [-0.39, 0.29) is 5.78 Å². The lowest BCUT2D eigenvalue weighted by atomic mass is 9.96. The summed E-state index contributed by atoms with van der Waals surface area (Å²) in [5.41, 5.74) is 9.38. The SMILES string of the molecule is CCc1ncc(C)cc1CC(=O)CCc1ccc(Cc2ccnc(C)c2)c(C)c1. The van der Waals surface area contributed by atoms with Crippen LogP contribution in [0.15, 0.2) is 48.8 Å². The largest absolute Gasteiger partial charge is 0.299 e. The van der Waals surface area contributed by atoms with Gasteiger partial charge in [0.15, 0.2) is 0 Å². The summed E-state index contributed by atoms with van der Waals surface area (Å²) in [7, 11) is 0. The predicted molar refractivity (Wildman–Crippen MR) is 118 cm³/mol. The minimum absolute atomic E-state index is 0.279. The molecule has 29 heavy (non-hydrogen) atoms. The van der Waals surface area contributed by atoms with Crippen molar-refractivity contribution in [2.75, 3.05) is 0 Å². The van der Waals surface area contributed by atoms with Crippen molar-refractivity contribution in [3.63, 3.8) is 0 Å². The zero-order valence-electron chi connectivity index (χ0n) is 18.0. The van der Waals surface area contributed by atoms with Crippen LogP contribution in [0.5, 0.6) is 0 Å². The summed E-state index contributed by atoms with van der Waals surface area (Å²) >= 11 is 0. The smallest absolute Gasteiger partial charge is 0.137 e. The maximum Gasteiger partial charge on any atom is 0.137 e. The van der Waals surface area contributed by atoms with Gasteiger partial charge in [-0.15, -0.1) is 0 Å². The second-order valence-corrected chi connectivity index (χ2v) is 7.93. The highest BCUT2D eigenvalue weighted by Crippen LogP contribution is 2.18. The monoisotopic (exact) mass is 386 g/mol. The van der Waals surface area contributed by atoms with Crippen molar-refractivity contribution in [3.8, 4) is 0 Å². The first-order chi connectivity index (χ1) is 13.9. The van der Waals surface area contributed by atoms with Crippen molar-refractivity contribution >= 4 is 5.78 Å². The molecule has 0 amide bonds. The van der Waals surface area contributed by atoms with E-state index in [0.29, 0.717) is 12.8 Å². The zero-order chi connectivity index (χ0) is 20.8. The van der Waals surface area contributed by atoms with Crippen LogP contribution in [0.3, 0.4) is 0 Å². The van der Waals surface area contributed by atoms with Crippen LogP contribution in [0.4, 0.5) is 0 Å². The third kappa shape index (κ3) is 5.83. The van der Waals surface area contributed by atoms with Crippen LogP contribution in [-0.2, 0) is 30.5 Å². The summed E-state index contributed by atoms with van der Waals surface area (Å²) in [6.07, 6.45) is 7.36. The van der Waals surface area contributed by atoms with E-state index in [9.17, 15) is 4.79 Å². The molecule has 0 aliphatic rings. The van der Waals surface area contributed by atoms with Crippen molar-refractivity contribution in [3.05, 3.63) is 93.6 Å². The second kappa shape index (κ2) is 9.60. The van der Waals surface area contributed by atoms with Gasteiger partial charge in [-0.25, -0.2) is 0 Å². The van der Waals surface area contributed by atoms with Gasteiger partial charge in [-0.05, 0) is 85.5 Å². The molecule has 0 saturated carbocycles. The number of aromatic nitrogens is 2. The molecule has 3 rings (SSSR count). The fourth-order valence-electron chi connectivity index (χ4n) is 3.76. The van der Waals surface area contributed by atoms with Gasteiger partial charge in [0, 0.05) is 36.6 Å². The van der Waals surface area contributed by atoms with Gasteiger partial charge in [0.1, 0.15) is 5.78 Å². The molecule has 0 fully saturated rings. The highest BCUT2D eigenvalue weighted by Gasteiger charge is 2.10. The molecular formula is C26H30N2O. The quantitative estimate of drug-likeness (QED) is 0.528. The normalized spacial score (nSPS) is 10.9. The lowest BCUT2D eigenvalue weighted by Gasteiger charge is -2.10. The minimum Gasteiger partial charge on any atom is -0.299 e. The van der Waals surface area contributed by atoms with Crippen molar-refractivity contribution in [1.82, 2.24) is 9.97 Å². The molecule has 3 heteroatoms. The molecule has 0 atom stereocenters. The van der Waals surface area contributed by atoms with E-state index < -0.39 is 0 Å². The van der Waals surface area contributed by atoms with Gasteiger partial charge in [0.2, 0.25) is 0 Å². The third-order valence-electron chi connectivity index (χ3n) is 5.37. The molecule has 3 aromatic rings. The molecule has 150 valence electrons. The van der Waals surface area contributed by atoms with Crippen molar-refractivity contribution in [1.29, 1.82) is 0 Å². The molecule has 0 N–H and O–H groups in total. The lowest BCUT2D eigenvalue weighted by molar-refractivity contribution is -0.118. The van der Waals surface area contributed by atoms with Gasteiger partial charge in [0.25, 0.3) is 0 Å². The molecule has 0 bridgehead atoms. The molecule has 2 heterocycles. The number of pyridine rings is 2. The summed E-state index contributed by atoms with van der Waals surface area (Å²) in [5, 5.41) is 0. The molecule has 3 nitrogen and oxygen atoms in total. The molecule has 0 spiro atoms. The number of ketones is 1. The van der Waals surface area contributed by atoms with Crippen LogP contribution in [0, 0.1) is 20.8 Å². The molecule has 0 aliphatic heterocycles. The van der Waals surface area contributed by atoms with Crippen molar-refractivity contribution in [2.24, 2.45) is 0 Å². The summed E-state index contributed by atoms with van der Waals surface area (Å²) in [4.78, 5) is 21.3. The molecule has 1 aromatic carbocycles. The lowest BCUT2D eigenvalue weighted by Crippen LogP contribution is -2.08. The standard InChI is InChI=1S/C26H30N2O/c1-5-26-24(12-18(2)17-28-26)16-25(29)9-7-21-6-8-23(19(3)13-21)15-22-10-11-27-20(4)14-22/h6,8,10-14,17H,5,7,9,15-16H2,1-4H3. The fraction of sp³-hybridized carbons (Fsp3) is 0.346. The number of hydrogen-bond acceptors (Lipinski definition) is 3. The summed E-state index contributed by atoms with van der Waals surface area (Å²) < 4.78 is 0. The van der Waals surface area contributed by atoms with E-state index in [4.69, 9.17) is 0 Å². The Morgan fingerprint density at radius 1 is 0.931 bits per heavy atom. The Hall–Kier alpha value is -2.81. The van der Waals surface area contributed by atoms with Gasteiger partial charge in [-0.1, -0.05) is 31.2 Å². The topological polar surface area (TPSA) is 42.9 Å². The average molecular weight is 387 g/mol. The van der Waals surface area contributed by atoms with Crippen LogP contribution in [-0.4, -0.2) is 15.8 Å². The fourth-order valence-corrected chi connectivity index (χ4v) is 3.76. The Kier molecular flexibility index (Phi) is 6.92. The van der Waals surface area contributed by atoms with Gasteiger partial charge < -0.3 is 0 Å². The van der Waals surface area contributed by atoms with Crippen LogP contribution < -0.4 is 0 Å². The zero-order valence-corrected chi connectivity index (χ0v) is 18.0. The van der Waals surface area contributed by atoms with Crippen molar-refractivity contribution < 1.29 is 4.79 Å². The number of Topliss-reactive ketones (excluding diaryl/α,β-unsaturated/α-hetero) is 1. The van der Waals surface area contributed by atoms with Gasteiger partial charge in [-0.3, -0.25) is 14.8 Å². The number of carbonyl (C=O) groups excluding carboxylic acids is 1. The van der Waals surface area contributed by atoms with Gasteiger partial charge in [-0.2, -0.15) is 0 Å². The highest BCUT2D eigenvalue weighted by molar-refractivity contribution is 5.81. The van der Waals surface area contributed by atoms with Crippen LogP contribution >= 0.6 is 0 Å². The van der Waals surface area contributed by atoms with E-state index >= 15 is 0 Å². The Morgan fingerprint density at radius 2 is 1.76 bits per heavy atom. The predicted octanol–water partition coefficient (Wildman–Crippen LogP) is 5.30.